The van der Waals surface area contributed by atoms with Gasteiger partial charge in [0.25, 0.3) is 0 Å². The molecule has 1 amide bonds. The first-order valence-electron chi connectivity index (χ1n) is 15.3. The maximum atomic E-state index is 13.5. The molecule has 1 aliphatic carbocycles. The van der Waals surface area contributed by atoms with Crippen molar-refractivity contribution in [1.29, 1.82) is 0 Å². The van der Waals surface area contributed by atoms with Gasteiger partial charge in [-0.3, -0.25) is 14.2 Å². The van der Waals surface area contributed by atoms with E-state index in [1.807, 2.05) is 70.1 Å². The molecule has 45 heavy (non-hydrogen) atoms. The van der Waals surface area contributed by atoms with Crippen molar-refractivity contribution in [3.8, 4) is 0 Å². The molecule has 2 fully saturated rings. The van der Waals surface area contributed by atoms with E-state index in [0.717, 1.165) is 43.2 Å². The van der Waals surface area contributed by atoms with E-state index in [1.54, 1.807) is 6.33 Å². The number of carbonyl (C=O) groups excluding carboxylic acids is 3. The Bertz CT molecular complexity index is 1600. The molecule has 2 aromatic heterocycles. The molecule has 2 aliphatic rings. The minimum absolute atomic E-state index is 0.00555. The highest BCUT2D eigenvalue weighted by atomic mass is 16.5. The minimum Gasteiger partial charge on any atom is -0.461 e. The van der Waals surface area contributed by atoms with Gasteiger partial charge < -0.3 is 24.4 Å². The molecular weight excluding hydrogens is 576 g/mol. The lowest BCUT2D eigenvalue weighted by atomic mass is 10.2. The Morgan fingerprint density at radius 2 is 1.62 bits per heavy atom. The molecule has 1 aliphatic heterocycles. The third kappa shape index (κ3) is 7.82. The Hall–Kier alpha value is -4.84. The number of imidazole rings is 1. The van der Waals surface area contributed by atoms with Crippen LogP contribution in [0.3, 0.4) is 0 Å². The van der Waals surface area contributed by atoms with Crippen LogP contribution in [-0.2, 0) is 41.8 Å². The number of nitrogens with one attached hydrogen (secondary N) is 1. The molecular formula is C33H36N6O6. The van der Waals surface area contributed by atoms with Crippen LogP contribution in [0.4, 0.5) is 5.82 Å². The Morgan fingerprint density at radius 1 is 0.911 bits per heavy atom. The van der Waals surface area contributed by atoms with E-state index >= 15 is 0 Å². The van der Waals surface area contributed by atoms with Gasteiger partial charge in [0.1, 0.15) is 31.8 Å². The number of rotatable bonds is 13. The smallest absolute Gasteiger partial charge is 0.329 e. The number of ether oxygens (including phenoxy) is 3. The fraction of sp³-hybridized carbons (Fsp3) is 0.394. The zero-order valence-electron chi connectivity index (χ0n) is 24.9. The summed E-state index contributed by atoms with van der Waals surface area (Å²) >= 11 is 0. The number of fused-ring (bicyclic) bond motifs is 1. The van der Waals surface area contributed by atoms with Crippen molar-refractivity contribution < 1.29 is 28.6 Å². The van der Waals surface area contributed by atoms with E-state index < -0.39 is 23.9 Å². The monoisotopic (exact) mass is 612 g/mol. The maximum Gasteiger partial charge on any atom is 0.329 e. The Labute approximate surface area is 260 Å². The van der Waals surface area contributed by atoms with Gasteiger partial charge in [0.2, 0.25) is 5.91 Å². The third-order valence-electron chi connectivity index (χ3n) is 7.84. The molecule has 0 spiro atoms. The summed E-state index contributed by atoms with van der Waals surface area (Å²) in [5.74, 6) is -1.27. The van der Waals surface area contributed by atoms with Crippen molar-refractivity contribution >= 4 is 34.8 Å². The normalized spacial score (nSPS) is 16.9. The van der Waals surface area contributed by atoms with Crippen LogP contribution >= 0.6 is 0 Å². The molecule has 12 nitrogen and oxygen atoms in total. The number of hydrogen-bond acceptors (Lipinski definition) is 10. The van der Waals surface area contributed by atoms with Gasteiger partial charge in [-0.1, -0.05) is 60.7 Å². The average molecular weight is 613 g/mol. The molecule has 4 aromatic rings. The van der Waals surface area contributed by atoms with Crippen LogP contribution in [0.25, 0.3) is 11.2 Å². The number of amides is 1. The van der Waals surface area contributed by atoms with Crippen LogP contribution in [0.15, 0.2) is 73.3 Å². The van der Waals surface area contributed by atoms with Gasteiger partial charge in [0.05, 0.1) is 19.3 Å². The highest BCUT2D eigenvalue weighted by Crippen LogP contribution is 2.34. The maximum absolute atomic E-state index is 13.5. The molecule has 1 N–H and O–H groups in total. The summed E-state index contributed by atoms with van der Waals surface area (Å²) in [7, 11) is 0. The van der Waals surface area contributed by atoms with E-state index in [1.165, 1.54) is 6.33 Å². The number of esters is 2. The molecule has 1 saturated heterocycles. The fourth-order valence-electron chi connectivity index (χ4n) is 5.35. The van der Waals surface area contributed by atoms with Gasteiger partial charge in [-0.15, -0.1) is 0 Å². The predicted molar refractivity (Wildman–Crippen MR) is 164 cm³/mol. The zero-order valence-corrected chi connectivity index (χ0v) is 24.9. The largest absolute Gasteiger partial charge is 0.461 e. The molecule has 1 unspecified atom stereocenters. The molecule has 1 saturated carbocycles. The van der Waals surface area contributed by atoms with E-state index in [2.05, 4.69) is 20.3 Å². The Kier molecular flexibility index (Phi) is 9.59. The first-order valence-corrected chi connectivity index (χ1v) is 15.3. The molecule has 234 valence electrons. The molecule has 2 aromatic carbocycles. The highest BCUT2D eigenvalue weighted by Gasteiger charge is 2.35. The standard InChI is InChI=1S/C33H36N6O6/c40-27(18-38(25-14-15-25)31-30-32(35-21-34-31)39(22-36-30)28-13-7-8-16-43-28)37-26(33(42)45-20-24-11-5-2-6-12-24)17-29(41)44-19-23-9-3-1-4-10-23/h1-6,9-12,21-22,25-26,28H,7-8,13-20H2,(H,37,40)/t26-,28?/m0/s1. The lowest BCUT2D eigenvalue weighted by molar-refractivity contribution is -0.155. The van der Waals surface area contributed by atoms with Crippen LogP contribution in [-0.4, -0.2) is 62.6 Å². The van der Waals surface area contributed by atoms with Gasteiger partial charge >= 0.3 is 11.9 Å². The van der Waals surface area contributed by atoms with E-state index in [4.69, 9.17) is 14.2 Å². The molecule has 0 bridgehead atoms. The predicted octanol–water partition coefficient (Wildman–Crippen LogP) is 3.86. The number of aromatic nitrogens is 4. The summed E-state index contributed by atoms with van der Waals surface area (Å²) in [6, 6.07) is 17.3. The second kappa shape index (κ2) is 14.3. The van der Waals surface area contributed by atoms with Crippen molar-refractivity contribution in [1.82, 2.24) is 24.8 Å². The second-order valence-electron chi connectivity index (χ2n) is 11.3. The molecule has 0 radical (unpaired) electrons. The van der Waals surface area contributed by atoms with Gasteiger partial charge in [-0.05, 0) is 43.2 Å². The lowest BCUT2D eigenvalue weighted by Gasteiger charge is -2.25. The molecule has 12 heteroatoms. The van der Waals surface area contributed by atoms with Crippen LogP contribution in [0.5, 0.6) is 0 Å². The number of nitrogens with zero attached hydrogens (tertiary/aromatic N) is 5. The van der Waals surface area contributed by atoms with Crippen molar-refractivity contribution in [3.05, 3.63) is 84.4 Å². The number of benzene rings is 2. The summed E-state index contributed by atoms with van der Waals surface area (Å²) in [5, 5.41) is 2.73. The topological polar surface area (TPSA) is 138 Å². The number of anilines is 1. The summed E-state index contributed by atoms with van der Waals surface area (Å²) in [5.41, 5.74) is 2.82. The summed E-state index contributed by atoms with van der Waals surface area (Å²) < 4.78 is 18.8. The summed E-state index contributed by atoms with van der Waals surface area (Å²) in [6.07, 6.45) is 7.40. The Balaban J connectivity index is 1.15. The Morgan fingerprint density at radius 3 is 2.29 bits per heavy atom. The zero-order chi connectivity index (χ0) is 31.0. The van der Waals surface area contributed by atoms with E-state index in [9.17, 15) is 14.4 Å². The fourth-order valence-corrected chi connectivity index (χ4v) is 5.35. The SMILES string of the molecule is O=C(CN(c1ncnc2c1ncn2C1CCCCO1)C1CC1)N[C@@H](CC(=O)OCc1ccccc1)C(=O)OCc1ccccc1. The number of hydrogen-bond donors (Lipinski definition) is 1. The lowest BCUT2D eigenvalue weighted by Crippen LogP contribution is -2.48. The van der Waals surface area contributed by atoms with Gasteiger partial charge in [-0.2, -0.15) is 0 Å². The third-order valence-corrected chi connectivity index (χ3v) is 7.84. The second-order valence-corrected chi connectivity index (χ2v) is 11.3. The van der Waals surface area contributed by atoms with Crippen molar-refractivity contribution in [2.75, 3.05) is 18.1 Å². The molecule has 2 atom stereocenters. The van der Waals surface area contributed by atoms with E-state index in [0.29, 0.717) is 23.6 Å². The highest BCUT2D eigenvalue weighted by molar-refractivity contribution is 5.91. The van der Waals surface area contributed by atoms with Crippen LogP contribution in [0.2, 0.25) is 0 Å². The molecule has 3 heterocycles. The van der Waals surface area contributed by atoms with Crippen LogP contribution in [0.1, 0.15) is 55.9 Å². The number of carbonyl (C=O) groups is 3. The van der Waals surface area contributed by atoms with Gasteiger partial charge in [0, 0.05) is 12.6 Å². The van der Waals surface area contributed by atoms with Gasteiger partial charge in [0.15, 0.2) is 17.0 Å². The minimum atomic E-state index is -1.24. The first-order chi connectivity index (χ1) is 22.0. The van der Waals surface area contributed by atoms with Crippen LogP contribution < -0.4 is 10.2 Å². The first kappa shape index (κ1) is 30.2. The van der Waals surface area contributed by atoms with Gasteiger partial charge in [-0.25, -0.2) is 19.7 Å². The molecule has 6 rings (SSSR count). The van der Waals surface area contributed by atoms with Crippen LogP contribution in [0, 0.1) is 0 Å². The van der Waals surface area contributed by atoms with Crippen molar-refractivity contribution in [3.63, 3.8) is 0 Å². The van der Waals surface area contributed by atoms with Crippen molar-refractivity contribution in [2.24, 2.45) is 0 Å². The van der Waals surface area contributed by atoms with E-state index in [-0.39, 0.29) is 38.4 Å². The quantitative estimate of drug-likeness (QED) is 0.222. The average Bonchev–Trinajstić information content (AvgIpc) is 3.83. The van der Waals surface area contributed by atoms with Crippen molar-refractivity contribution in [2.45, 2.75) is 70.1 Å². The summed E-state index contributed by atoms with van der Waals surface area (Å²) in [4.78, 5) is 55.0. The summed E-state index contributed by atoms with van der Waals surface area (Å²) in [6.45, 7) is 0.652.